The maximum atomic E-state index is 5.93. The van der Waals surface area contributed by atoms with Crippen molar-refractivity contribution < 1.29 is 13.3 Å². The maximum Gasteiger partial charge on any atom is 0.531 e. The third kappa shape index (κ3) is 3.55. The lowest BCUT2D eigenvalue weighted by molar-refractivity contribution is 0.0844. The van der Waals surface area contributed by atoms with E-state index in [-0.39, 0.29) is 0 Å². The average molecular weight is 356 g/mol. The van der Waals surface area contributed by atoms with Crippen LogP contribution in [0.5, 0.6) is 0 Å². The van der Waals surface area contributed by atoms with E-state index in [2.05, 4.69) is 53.1 Å². The van der Waals surface area contributed by atoms with Crippen LogP contribution in [-0.4, -0.2) is 33.2 Å². The van der Waals surface area contributed by atoms with Crippen molar-refractivity contribution in [1.82, 2.24) is 4.57 Å². The van der Waals surface area contributed by atoms with Crippen molar-refractivity contribution >= 4 is 36.8 Å². The number of benzene rings is 2. The molecule has 3 rings (SSSR count). The van der Waals surface area contributed by atoms with Gasteiger partial charge < -0.3 is 17.8 Å². The second-order valence-corrected chi connectivity index (χ2v) is 8.03. The van der Waals surface area contributed by atoms with E-state index >= 15 is 0 Å². The van der Waals surface area contributed by atoms with Crippen molar-refractivity contribution in [2.45, 2.75) is 20.8 Å². The van der Waals surface area contributed by atoms with E-state index in [9.17, 15) is 0 Å². The Hall–Kier alpha value is -1.92. The molecule has 1 aromatic heterocycles. The highest BCUT2D eigenvalue weighted by molar-refractivity contribution is 6.66. The molecule has 0 spiro atoms. The van der Waals surface area contributed by atoms with E-state index in [1.165, 1.54) is 10.8 Å². The van der Waals surface area contributed by atoms with Gasteiger partial charge in [-0.3, -0.25) is 0 Å². The third-order valence-electron chi connectivity index (χ3n) is 4.08. The predicted molar refractivity (Wildman–Crippen MR) is 105 cm³/mol. The summed E-state index contributed by atoms with van der Waals surface area (Å²) in [6, 6.07) is 16.8. The van der Waals surface area contributed by atoms with Gasteiger partial charge in [-0.1, -0.05) is 36.4 Å². The molecule has 3 aromatic rings. The topological polar surface area (TPSA) is 32.6 Å². The van der Waals surface area contributed by atoms with Crippen molar-refractivity contribution in [2.75, 3.05) is 19.8 Å². The minimum atomic E-state index is -2.83. The van der Waals surface area contributed by atoms with Crippen LogP contribution >= 0.6 is 0 Å². The molecular weight excluding hydrogens is 330 g/mol. The molecule has 2 aromatic carbocycles. The molecule has 0 unspecified atom stereocenters. The summed E-state index contributed by atoms with van der Waals surface area (Å²) in [5.74, 6) is 0. The highest BCUT2D eigenvalue weighted by Gasteiger charge is 2.37. The Morgan fingerprint density at radius 1 is 0.760 bits per heavy atom. The zero-order valence-corrected chi connectivity index (χ0v) is 16.1. The molecule has 0 fully saturated rings. The van der Waals surface area contributed by atoms with Gasteiger partial charge in [0.05, 0.1) is 11.0 Å². The Labute approximate surface area is 150 Å². The number of hydrogen-bond donors (Lipinski definition) is 0. The van der Waals surface area contributed by atoms with Gasteiger partial charge in [0.2, 0.25) is 0 Å². The molecule has 0 saturated heterocycles. The highest BCUT2D eigenvalue weighted by Crippen LogP contribution is 2.29. The Balaban J connectivity index is 2.12. The van der Waals surface area contributed by atoms with Gasteiger partial charge in [0, 0.05) is 42.5 Å². The molecule has 25 heavy (non-hydrogen) atoms. The van der Waals surface area contributed by atoms with Gasteiger partial charge in [-0.05, 0) is 32.9 Å². The first kappa shape index (κ1) is 17.9. The van der Waals surface area contributed by atoms with Crippen LogP contribution in [-0.2, 0) is 13.3 Å². The molecule has 0 aliphatic rings. The van der Waals surface area contributed by atoms with Gasteiger partial charge in [-0.25, -0.2) is 0 Å². The Morgan fingerprint density at radius 3 is 1.64 bits per heavy atom. The summed E-state index contributed by atoms with van der Waals surface area (Å²) < 4.78 is 20.0. The van der Waals surface area contributed by atoms with Crippen molar-refractivity contribution in [3.63, 3.8) is 0 Å². The van der Waals surface area contributed by atoms with E-state index in [4.69, 9.17) is 13.3 Å². The van der Waals surface area contributed by atoms with E-state index in [1.807, 2.05) is 32.7 Å². The average Bonchev–Trinajstić information content (AvgIpc) is 2.95. The van der Waals surface area contributed by atoms with Crippen molar-refractivity contribution in [2.24, 2.45) is 0 Å². The molecule has 0 saturated carbocycles. The summed E-state index contributed by atoms with van der Waals surface area (Å²) in [6.45, 7) is 7.58. The molecule has 0 aliphatic heterocycles. The fraction of sp³-hybridized carbons (Fsp3) is 0.300. The molecule has 0 aliphatic carbocycles. The summed E-state index contributed by atoms with van der Waals surface area (Å²) in [4.78, 5) is 0. The van der Waals surface area contributed by atoms with Gasteiger partial charge in [0.1, 0.15) is 0 Å². The minimum absolute atomic E-state index is 0.559. The lowest BCUT2D eigenvalue weighted by Gasteiger charge is -2.25. The largest absolute Gasteiger partial charge is 0.531 e. The molecular formula is C20H25NO3Si. The van der Waals surface area contributed by atoms with Crippen LogP contribution in [0.25, 0.3) is 28.0 Å². The first-order valence-corrected chi connectivity index (χ1v) is 10.6. The third-order valence-corrected chi connectivity index (χ3v) is 6.71. The normalized spacial score (nSPS) is 12.6. The first-order chi connectivity index (χ1) is 12.2. The fourth-order valence-corrected chi connectivity index (χ4v) is 5.23. The second-order valence-electron chi connectivity index (χ2n) is 5.62. The molecule has 0 radical (unpaired) electrons. The summed E-state index contributed by atoms with van der Waals surface area (Å²) in [6.07, 6.45) is 2.04. The van der Waals surface area contributed by atoms with Gasteiger partial charge >= 0.3 is 8.80 Å². The highest BCUT2D eigenvalue weighted by atomic mass is 28.4. The van der Waals surface area contributed by atoms with E-state index in [0.717, 1.165) is 11.0 Å². The van der Waals surface area contributed by atoms with Gasteiger partial charge in [0.25, 0.3) is 0 Å². The summed E-state index contributed by atoms with van der Waals surface area (Å²) in [7, 11) is -2.83. The fourth-order valence-electron chi connectivity index (χ4n) is 3.15. The maximum absolute atomic E-state index is 5.93. The quantitative estimate of drug-likeness (QED) is 0.541. The van der Waals surface area contributed by atoms with Crippen LogP contribution in [0, 0.1) is 0 Å². The van der Waals surface area contributed by atoms with Crippen LogP contribution in [0.4, 0.5) is 0 Å². The summed E-state index contributed by atoms with van der Waals surface area (Å²) >= 11 is 0. The number of rotatable bonds is 8. The second kappa shape index (κ2) is 7.97. The molecule has 1 heterocycles. The lowest BCUT2D eigenvalue weighted by atomic mass is 10.2. The van der Waals surface area contributed by atoms with Crippen molar-refractivity contribution in [1.29, 1.82) is 0 Å². The van der Waals surface area contributed by atoms with Crippen LogP contribution in [0.3, 0.4) is 0 Å². The van der Waals surface area contributed by atoms with Gasteiger partial charge in [-0.15, -0.1) is 0 Å². The SMILES string of the molecule is CCO[Si](/C=C/n1c2ccccc2c2ccccc21)(OCC)OCC. The Kier molecular flexibility index (Phi) is 5.70. The Morgan fingerprint density at radius 2 is 1.20 bits per heavy atom. The van der Waals surface area contributed by atoms with Crippen molar-refractivity contribution in [3.8, 4) is 0 Å². The van der Waals surface area contributed by atoms with E-state index in [0.29, 0.717) is 19.8 Å². The Bertz CT molecular complexity index is 801. The molecule has 5 heteroatoms. The standard InChI is InChI=1S/C20H25NO3Si/c1-4-22-25(23-5-2,24-6-3)16-15-21-19-13-9-7-11-17(19)18-12-8-10-14-20(18)21/h7-16H,4-6H2,1-3H3/b16-15+. The first-order valence-electron chi connectivity index (χ1n) is 8.83. The molecule has 0 bridgehead atoms. The zero-order valence-electron chi connectivity index (χ0n) is 15.1. The van der Waals surface area contributed by atoms with E-state index in [1.54, 1.807) is 0 Å². The smallest absolute Gasteiger partial charge is 0.371 e. The van der Waals surface area contributed by atoms with Crippen LogP contribution in [0.1, 0.15) is 20.8 Å². The van der Waals surface area contributed by atoms with Crippen LogP contribution in [0.15, 0.2) is 54.2 Å². The lowest BCUT2D eigenvalue weighted by Crippen LogP contribution is -2.44. The predicted octanol–water partition coefficient (Wildman–Crippen LogP) is 4.85. The van der Waals surface area contributed by atoms with E-state index < -0.39 is 8.80 Å². The minimum Gasteiger partial charge on any atom is -0.371 e. The summed E-state index contributed by atoms with van der Waals surface area (Å²) in [5, 5.41) is 2.47. The molecule has 4 nitrogen and oxygen atoms in total. The number of nitrogens with zero attached hydrogens (tertiary/aromatic N) is 1. The zero-order chi connectivity index (χ0) is 17.7. The number of para-hydroxylation sites is 2. The summed E-state index contributed by atoms with van der Waals surface area (Å²) in [5.41, 5.74) is 4.31. The van der Waals surface area contributed by atoms with Crippen LogP contribution < -0.4 is 0 Å². The molecule has 0 N–H and O–H groups in total. The number of aromatic nitrogens is 1. The molecule has 0 amide bonds. The van der Waals surface area contributed by atoms with Gasteiger partial charge in [-0.2, -0.15) is 0 Å². The number of fused-ring (bicyclic) bond motifs is 3. The molecule has 0 atom stereocenters. The monoisotopic (exact) mass is 355 g/mol. The van der Waals surface area contributed by atoms with Crippen LogP contribution in [0.2, 0.25) is 0 Å². The van der Waals surface area contributed by atoms with Gasteiger partial charge in [0.15, 0.2) is 0 Å². The molecule has 132 valence electrons. The number of hydrogen-bond acceptors (Lipinski definition) is 3. The van der Waals surface area contributed by atoms with Crippen molar-refractivity contribution in [3.05, 3.63) is 54.2 Å².